The Morgan fingerprint density at radius 1 is 1.19 bits per heavy atom. The molecule has 8 nitrogen and oxygen atoms in total. The van der Waals surface area contributed by atoms with E-state index >= 15 is 0 Å². The molecule has 2 amide bonds. The Kier molecular flexibility index (Phi) is 10.8. The Balaban J connectivity index is 2.45. The van der Waals surface area contributed by atoms with Crippen LogP contribution in [0.2, 0.25) is 0 Å². The van der Waals surface area contributed by atoms with E-state index in [1.807, 2.05) is 6.92 Å². The van der Waals surface area contributed by atoms with Gasteiger partial charge in [0.15, 0.2) is 5.11 Å². The maximum Gasteiger partial charge on any atom is 0.257 e. The molecule has 1 aromatic carbocycles. The number of benzene rings is 1. The summed E-state index contributed by atoms with van der Waals surface area (Å²) in [5.74, 6) is -0.119. The van der Waals surface area contributed by atoms with Gasteiger partial charge in [0.2, 0.25) is 5.91 Å². The largest absolute Gasteiger partial charge is 0.490 e. The second-order valence-corrected chi connectivity index (χ2v) is 6.15. The molecule has 26 heavy (non-hydrogen) atoms. The molecule has 0 fully saturated rings. The molecule has 0 spiro atoms. The SMILES string of the molecule is CCOCCC(=O)NNC(=S)NC(=O)c1ccc(OCCOC)c(Br)c1. The van der Waals surface area contributed by atoms with Gasteiger partial charge >= 0.3 is 0 Å². The lowest BCUT2D eigenvalue weighted by Crippen LogP contribution is -2.48. The van der Waals surface area contributed by atoms with E-state index in [2.05, 4.69) is 32.1 Å². The Labute approximate surface area is 166 Å². The first-order chi connectivity index (χ1) is 12.5. The number of rotatable bonds is 9. The van der Waals surface area contributed by atoms with E-state index in [9.17, 15) is 9.59 Å². The van der Waals surface area contributed by atoms with Crippen LogP contribution in [0, 0.1) is 0 Å². The summed E-state index contributed by atoms with van der Waals surface area (Å²) in [6.07, 6.45) is 0.189. The van der Waals surface area contributed by atoms with Gasteiger partial charge in [-0.05, 0) is 53.3 Å². The average molecular weight is 448 g/mol. The molecule has 0 heterocycles. The van der Waals surface area contributed by atoms with Crippen molar-refractivity contribution in [2.45, 2.75) is 13.3 Å². The number of thiocarbonyl (C=S) groups is 1. The lowest BCUT2D eigenvalue weighted by Gasteiger charge is -2.12. The Bertz CT molecular complexity index is 630. The monoisotopic (exact) mass is 447 g/mol. The minimum Gasteiger partial charge on any atom is -0.490 e. The molecule has 0 aliphatic carbocycles. The van der Waals surface area contributed by atoms with E-state index in [0.717, 1.165) is 0 Å². The van der Waals surface area contributed by atoms with Crippen LogP contribution in [-0.4, -0.2) is 50.5 Å². The Morgan fingerprint density at radius 3 is 2.62 bits per heavy atom. The molecule has 1 aromatic rings. The number of halogens is 1. The molecule has 0 aromatic heterocycles. The van der Waals surface area contributed by atoms with Crippen molar-refractivity contribution in [3.05, 3.63) is 28.2 Å². The van der Waals surface area contributed by atoms with Crippen LogP contribution in [-0.2, 0) is 14.3 Å². The summed E-state index contributed by atoms with van der Waals surface area (Å²) in [5, 5.41) is 2.45. The molecule has 144 valence electrons. The van der Waals surface area contributed by atoms with Crippen molar-refractivity contribution in [1.82, 2.24) is 16.2 Å². The highest BCUT2D eigenvalue weighted by Crippen LogP contribution is 2.25. The third kappa shape index (κ3) is 8.56. The summed E-state index contributed by atoms with van der Waals surface area (Å²) in [4.78, 5) is 23.7. The van der Waals surface area contributed by atoms with Crippen molar-refractivity contribution < 1.29 is 23.8 Å². The number of carbonyl (C=O) groups excluding carboxylic acids is 2. The van der Waals surface area contributed by atoms with E-state index in [4.69, 9.17) is 26.4 Å². The summed E-state index contributed by atoms with van der Waals surface area (Å²) in [7, 11) is 1.59. The highest BCUT2D eigenvalue weighted by atomic mass is 79.9. The molecule has 0 saturated carbocycles. The summed E-state index contributed by atoms with van der Waals surface area (Å²) in [6.45, 7) is 3.57. The summed E-state index contributed by atoms with van der Waals surface area (Å²) in [5.41, 5.74) is 5.22. The molecule has 0 atom stereocenters. The van der Waals surface area contributed by atoms with Gasteiger partial charge in [-0.25, -0.2) is 0 Å². The van der Waals surface area contributed by atoms with Crippen LogP contribution in [0.25, 0.3) is 0 Å². The molecule has 0 bridgehead atoms. The fourth-order valence-corrected chi connectivity index (χ4v) is 2.34. The van der Waals surface area contributed by atoms with Gasteiger partial charge in [-0.3, -0.25) is 25.8 Å². The quantitative estimate of drug-likeness (QED) is 0.300. The van der Waals surface area contributed by atoms with E-state index in [-0.39, 0.29) is 17.4 Å². The van der Waals surface area contributed by atoms with Gasteiger partial charge in [0.05, 0.1) is 24.1 Å². The van der Waals surface area contributed by atoms with Gasteiger partial charge in [-0.15, -0.1) is 0 Å². The zero-order chi connectivity index (χ0) is 19.4. The highest BCUT2D eigenvalue weighted by molar-refractivity contribution is 9.10. The van der Waals surface area contributed by atoms with Crippen molar-refractivity contribution in [3.63, 3.8) is 0 Å². The van der Waals surface area contributed by atoms with Crippen LogP contribution >= 0.6 is 28.1 Å². The molecular weight excluding hydrogens is 426 g/mol. The smallest absolute Gasteiger partial charge is 0.257 e. The predicted molar refractivity (Wildman–Crippen MR) is 104 cm³/mol. The molecule has 0 radical (unpaired) electrons. The number of hydrogen-bond acceptors (Lipinski definition) is 6. The first-order valence-corrected chi connectivity index (χ1v) is 9.07. The molecule has 0 unspecified atom stereocenters. The maximum atomic E-state index is 12.2. The predicted octanol–water partition coefficient (Wildman–Crippen LogP) is 1.54. The third-order valence-electron chi connectivity index (χ3n) is 2.96. The van der Waals surface area contributed by atoms with Crippen LogP contribution in [0.5, 0.6) is 5.75 Å². The van der Waals surface area contributed by atoms with Gasteiger partial charge in [0, 0.05) is 19.3 Å². The van der Waals surface area contributed by atoms with Crippen LogP contribution in [0.4, 0.5) is 0 Å². The average Bonchev–Trinajstić information content (AvgIpc) is 2.61. The van der Waals surface area contributed by atoms with E-state index in [1.54, 1.807) is 25.3 Å². The molecule has 1 rings (SSSR count). The molecule has 0 saturated heterocycles. The van der Waals surface area contributed by atoms with E-state index < -0.39 is 5.91 Å². The molecular formula is C16H22BrN3O5S. The summed E-state index contributed by atoms with van der Waals surface area (Å²) in [6, 6.07) is 4.88. The van der Waals surface area contributed by atoms with Crippen molar-refractivity contribution in [2.75, 3.05) is 33.5 Å². The van der Waals surface area contributed by atoms with Crippen LogP contribution < -0.4 is 20.9 Å². The highest BCUT2D eigenvalue weighted by Gasteiger charge is 2.11. The Hall–Kier alpha value is -1.75. The number of nitrogens with one attached hydrogen (secondary N) is 3. The maximum absolute atomic E-state index is 12.2. The molecule has 0 aliphatic rings. The standard InChI is InChI=1S/C16H22BrN3O5S/c1-3-24-7-6-14(21)19-20-16(26)18-15(22)11-4-5-13(12(17)10-11)25-9-8-23-2/h4-5,10H,3,6-9H2,1-2H3,(H,19,21)(H2,18,20,22,26). The number of carbonyl (C=O) groups is 2. The number of hydrazine groups is 1. The van der Waals surface area contributed by atoms with E-state index in [1.165, 1.54) is 0 Å². The fourth-order valence-electron chi connectivity index (χ4n) is 1.70. The zero-order valence-corrected chi connectivity index (χ0v) is 17.0. The molecule has 3 N–H and O–H groups in total. The minimum atomic E-state index is -0.421. The summed E-state index contributed by atoms with van der Waals surface area (Å²) < 4.78 is 16.1. The van der Waals surface area contributed by atoms with Gasteiger partial charge in [0.1, 0.15) is 12.4 Å². The van der Waals surface area contributed by atoms with Gasteiger partial charge in [-0.1, -0.05) is 0 Å². The number of hydrogen-bond donors (Lipinski definition) is 3. The topological polar surface area (TPSA) is 97.9 Å². The number of methoxy groups -OCH3 is 1. The number of amides is 2. The lowest BCUT2D eigenvalue weighted by atomic mass is 10.2. The van der Waals surface area contributed by atoms with Crippen molar-refractivity contribution in [1.29, 1.82) is 0 Å². The lowest BCUT2D eigenvalue weighted by molar-refractivity contribution is -0.122. The first kappa shape index (κ1) is 22.3. The normalized spacial score (nSPS) is 10.1. The van der Waals surface area contributed by atoms with Crippen LogP contribution in [0.1, 0.15) is 23.7 Å². The minimum absolute atomic E-state index is 0.0173. The molecule has 0 aliphatic heterocycles. The Morgan fingerprint density at radius 2 is 1.96 bits per heavy atom. The van der Waals surface area contributed by atoms with E-state index in [0.29, 0.717) is 42.2 Å². The first-order valence-electron chi connectivity index (χ1n) is 7.87. The zero-order valence-electron chi connectivity index (χ0n) is 14.6. The third-order valence-corrected chi connectivity index (χ3v) is 3.78. The van der Waals surface area contributed by atoms with Crippen LogP contribution in [0.3, 0.4) is 0 Å². The second-order valence-electron chi connectivity index (χ2n) is 4.89. The van der Waals surface area contributed by atoms with Crippen molar-refractivity contribution in [2.24, 2.45) is 0 Å². The van der Waals surface area contributed by atoms with Crippen molar-refractivity contribution >= 4 is 45.1 Å². The number of ether oxygens (including phenoxy) is 3. The van der Waals surface area contributed by atoms with Crippen LogP contribution in [0.15, 0.2) is 22.7 Å². The van der Waals surface area contributed by atoms with Gasteiger partial charge in [0.25, 0.3) is 5.91 Å². The second kappa shape index (κ2) is 12.6. The van der Waals surface area contributed by atoms with Gasteiger partial charge in [-0.2, -0.15) is 0 Å². The van der Waals surface area contributed by atoms with Gasteiger partial charge < -0.3 is 14.2 Å². The van der Waals surface area contributed by atoms with Crippen molar-refractivity contribution in [3.8, 4) is 5.75 Å². The fraction of sp³-hybridized carbons (Fsp3) is 0.438. The molecule has 10 heteroatoms. The summed E-state index contributed by atoms with van der Waals surface area (Å²) >= 11 is 8.32.